The van der Waals surface area contributed by atoms with E-state index in [4.69, 9.17) is 4.98 Å². The van der Waals surface area contributed by atoms with Crippen LogP contribution in [0.2, 0.25) is 0 Å². The second-order valence-corrected chi connectivity index (χ2v) is 9.35. The topological polar surface area (TPSA) is 56.6 Å². The molecule has 7 heteroatoms. The predicted molar refractivity (Wildman–Crippen MR) is 141 cm³/mol. The van der Waals surface area contributed by atoms with Crippen molar-refractivity contribution in [3.8, 4) is 0 Å². The summed E-state index contributed by atoms with van der Waals surface area (Å²) in [5.74, 6) is 1.89. The van der Waals surface area contributed by atoms with E-state index in [0.29, 0.717) is 0 Å². The van der Waals surface area contributed by atoms with Crippen LogP contribution in [0.4, 0.5) is 11.6 Å². The van der Waals surface area contributed by atoms with Gasteiger partial charge in [0, 0.05) is 45.3 Å². The smallest absolute Gasteiger partial charge is 0.193 e. The van der Waals surface area contributed by atoms with Gasteiger partial charge in [0.25, 0.3) is 0 Å². The van der Waals surface area contributed by atoms with E-state index >= 15 is 0 Å². The minimum Gasteiger partial charge on any atom is -0.370 e. The molecule has 7 nitrogen and oxygen atoms in total. The van der Waals surface area contributed by atoms with Crippen LogP contribution in [-0.2, 0) is 6.54 Å². The van der Waals surface area contributed by atoms with Crippen LogP contribution >= 0.6 is 0 Å². The third-order valence-electron chi connectivity index (χ3n) is 6.86. The number of hydrogen-bond donors (Lipinski definition) is 1. The van der Waals surface area contributed by atoms with Gasteiger partial charge in [0.15, 0.2) is 5.43 Å². The van der Waals surface area contributed by atoms with E-state index in [1.165, 1.54) is 19.3 Å². The number of fused-ring (bicyclic) bond motifs is 1. The fourth-order valence-electron chi connectivity index (χ4n) is 4.83. The molecule has 0 aliphatic carbocycles. The van der Waals surface area contributed by atoms with E-state index in [-0.39, 0.29) is 5.43 Å². The molecule has 2 aromatic heterocycles. The van der Waals surface area contributed by atoms with Crippen molar-refractivity contribution in [1.82, 2.24) is 19.4 Å². The molecule has 0 aromatic carbocycles. The maximum absolute atomic E-state index is 13.2. The van der Waals surface area contributed by atoms with Crippen molar-refractivity contribution < 1.29 is 0 Å². The van der Waals surface area contributed by atoms with Gasteiger partial charge >= 0.3 is 0 Å². The maximum Gasteiger partial charge on any atom is 0.193 e. The summed E-state index contributed by atoms with van der Waals surface area (Å²) in [4.78, 5) is 25.4. The summed E-state index contributed by atoms with van der Waals surface area (Å²) in [5.41, 5.74) is 1.90. The van der Waals surface area contributed by atoms with Gasteiger partial charge in [-0.2, -0.15) is 0 Å². The Morgan fingerprint density at radius 2 is 1.76 bits per heavy atom. The molecule has 0 amide bonds. The van der Waals surface area contributed by atoms with Gasteiger partial charge < -0.3 is 24.6 Å². The fourth-order valence-corrected chi connectivity index (χ4v) is 4.83. The Labute approximate surface area is 199 Å². The van der Waals surface area contributed by atoms with E-state index in [0.717, 1.165) is 93.6 Å². The van der Waals surface area contributed by atoms with E-state index < -0.39 is 0 Å². The Bertz CT molecular complexity index is 946. The lowest BCUT2D eigenvalue weighted by atomic mass is 10.1. The highest BCUT2D eigenvalue weighted by Crippen LogP contribution is 2.25. The third-order valence-corrected chi connectivity index (χ3v) is 6.86. The van der Waals surface area contributed by atoms with E-state index in [1.54, 1.807) is 6.07 Å². The number of nitrogens with one attached hydrogen (secondary N) is 1. The summed E-state index contributed by atoms with van der Waals surface area (Å²) in [5, 5.41) is 4.32. The second kappa shape index (κ2) is 12.4. The summed E-state index contributed by atoms with van der Waals surface area (Å²) in [7, 11) is 2.15. The first kappa shape index (κ1) is 25.5. The van der Waals surface area contributed by atoms with E-state index in [2.05, 4.69) is 65.4 Å². The zero-order chi connectivity index (χ0) is 23.8. The largest absolute Gasteiger partial charge is 0.370 e. The molecular weight excluding hydrogens is 412 g/mol. The van der Waals surface area contributed by atoms with Crippen molar-refractivity contribution in [1.29, 1.82) is 0 Å². The first-order chi connectivity index (χ1) is 16.0. The van der Waals surface area contributed by atoms with Crippen molar-refractivity contribution in [2.45, 2.75) is 59.9 Å². The molecular formula is C26H44N6O. The van der Waals surface area contributed by atoms with Crippen LogP contribution in [0.3, 0.4) is 0 Å². The van der Waals surface area contributed by atoms with Gasteiger partial charge in [0.1, 0.15) is 17.3 Å². The molecule has 184 valence electrons. The zero-order valence-corrected chi connectivity index (χ0v) is 21.5. The highest BCUT2D eigenvalue weighted by molar-refractivity contribution is 5.83. The Morgan fingerprint density at radius 3 is 2.42 bits per heavy atom. The molecule has 0 unspecified atom stereocenters. The van der Waals surface area contributed by atoms with Crippen molar-refractivity contribution in [2.24, 2.45) is 0 Å². The summed E-state index contributed by atoms with van der Waals surface area (Å²) in [6, 6.07) is 3.89. The van der Waals surface area contributed by atoms with Gasteiger partial charge in [-0.05, 0) is 70.9 Å². The first-order valence-corrected chi connectivity index (χ1v) is 12.9. The molecule has 1 aliphatic rings. The van der Waals surface area contributed by atoms with Gasteiger partial charge in [0.2, 0.25) is 0 Å². The number of aryl methyl sites for hydroxylation is 1. The summed E-state index contributed by atoms with van der Waals surface area (Å²) in [6.07, 6.45) is 4.85. The fraction of sp³-hybridized carbons (Fsp3) is 0.692. The van der Waals surface area contributed by atoms with Crippen LogP contribution < -0.4 is 15.6 Å². The number of rotatable bonds is 12. The highest BCUT2D eigenvalue weighted by Gasteiger charge is 2.18. The summed E-state index contributed by atoms with van der Waals surface area (Å²) in [6.45, 7) is 17.3. The van der Waals surface area contributed by atoms with E-state index in [1.807, 2.05) is 0 Å². The van der Waals surface area contributed by atoms with Crippen LogP contribution in [0, 0.1) is 6.92 Å². The molecule has 0 bridgehead atoms. The lowest BCUT2D eigenvalue weighted by Crippen LogP contribution is -2.32. The number of nitrogens with zero attached hydrogens (tertiary/aromatic N) is 5. The SMILES string of the molecule is CCCN(C)CCNc1cc(=O)c2c(C)cc(N3CCCCC3)nc2n1CCN(CC)CC. The highest BCUT2D eigenvalue weighted by atomic mass is 16.1. The third kappa shape index (κ3) is 6.48. The zero-order valence-electron chi connectivity index (χ0n) is 21.5. The molecule has 1 N–H and O–H groups in total. The maximum atomic E-state index is 13.2. The van der Waals surface area contributed by atoms with Crippen LogP contribution in [0.1, 0.15) is 52.0 Å². The Morgan fingerprint density at radius 1 is 1.03 bits per heavy atom. The lowest BCUT2D eigenvalue weighted by Gasteiger charge is -2.29. The minimum absolute atomic E-state index is 0.0590. The van der Waals surface area contributed by atoms with E-state index in [9.17, 15) is 4.79 Å². The van der Waals surface area contributed by atoms with Crippen LogP contribution in [0.5, 0.6) is 0 Å². The average Bonchev–Trinajstić information content (AvgIpc) is 2.81. The standard InChI is InChI=1S/C26H44N6O/c1-6-13-29(5)16-12-27-23-20-22(33)25-21(4)19-24(31-14-10-9-11-15-31)28-26(25)32(23)18-17-30(7-2)8-3/h19-20,27H,6-18H2,1-5H3. The van der Waals surface area contributed by atoms with Crippen molar-refractivity contribution in [3.63, 3.8) is 0 Å². The molecule has 2 aromatic rings. The normalized spacial score (nSPS) is 14.6. The predicted octanol–water partition coefficient (Wildman–Crippen LogP) is 3.79. The number of anilines is 2. The molecule has 3 rings (SSSR count). The molecule has 1 fully saturated rings. The second-order valence-electron chi connectivity index (χ2n) is 9.35. The van der Waals surface area contributed by atoms with Gasteiger partial charge in [0.05, 0.1) is 5.39 Å². The molecule has 0 radical (unpaired) electrons. The number of likely N-dealkylation sites (N-methyl/N-ethyl adjacent to an activating group) is 2. The van der Waals surface area contributed by atoms with Crippen LogP contribution in [0.15, 0.2) is 16.9 Å². The summed E-state index contributed by atoms with van der Waals surface area (Å²) < 4.78 is 2.25. The number of aromatic nitrogens is 2. The quantitative estimate of drug-likeness (QED) is 0.524. The van der Waals surface area contributed by atoms with Gasteiger partial charge in [-0.25, -0.2) is 4.98 Å². The minimum atomic E-state index is 0.0590. The number of pyridine rings is 2. The lowest BCUT2D eigenvalue weighted by molar-refractivity contribution is 0.292. The van der Waals surface area contributed by atoms with Crippen molar-refractivity contribution in [2.75, 3.05) is 69.6 Å². The Balaban J connectivity index is 2.01. The monoisotopic (exact) mass is 456 g/mol. The van der Waals surface area contributed by atoms with Gasteiger partial charge in [-0.15, -0.1) is 0 Å². The molecule has 1 aliphatic heterocycles. The Hall–Kier alpha value is -2.12. The van der Waals surface area contributed by atoms with Crippen molar-refractivity contribution in [3.05, 3.63) is 27.9 Å². The molecule has 0 atom stereocenters. The van der Waals surface area contributed by atoms with Gasteiger partial charge in [-0.3, -0.25) is 4.79 Å². The van der Waals surface area contributed by atoms with Crippen LogP contribution in [0.25, 0.3) is 11.0 Å². The number of hydrogen-bond acceptors (Lipinski definition) is 6. The molecule has 0 saturated carbocycles. The molecule has 0 spiro atoms. The summed E-state index contributed by atoms with van der Waals surface area (Å²) >= 11 is 0. The van der Waals surface area contributed by atoms with Gasteiger partial charge in [-0.1, -0.05) is 20.8 Å². The average molecular weight is 457 g/mol. The Kier molecular flexibility index (Phi) is 9.56. The molecule has 1 saturated heterocycles. The van der Waals surface area contributed by atoms with Crippen LogP contribution in [-0.4, -0.2) is 78.8 Å². The van der Waals surface area contributed by atoms with Crippen molar-refractivity contribution >= 4 is 22.7 Å². The molecule has 3 heterocycles. The number of piperidine rings is 1. The first-order valence-electron chi connectivity index (χ1n) is 12.9. The molecule has 33 heavy (non-hydrogen) atoms.